The van der Waals surface area contributed by atoms with Crippen LogP contribution in [0.3, 0.4) is 0 Å². The second-order valence-corrected chi connectivity index (χ2v) is 3.52. The molecule has 0 aromatic heterocycles. The predicted octanol–water partition coefficient (Wildman–Crippen LogP) is 1.44. The van der Waals surface area contributed by atoms with Gasteiger partial charge in [-0.05, 0) is 6.42 Å². The third kappa shape index (κ3) is 9.46. The normalized spacial score (nSPS) is 11.1. The van der Waals surface area contributed by atoms with E-state index < -0.39 is 24.6 Å². The van der Waals surface area contributed by atoms with Crippen molar-refractivity contribution < 1.29 is 27.9 Å². The highest BCUT2D eigenvalue weighted by atomic mass is 19.4. The Morgan fingerprint density at radius 2 is 1.94 bits per heavy atom. The van der Waals surface area contributed by atoms with Gasteiger partial charge in [-0.3, -0.25) is 4.79 Å². The van der Waals surface area contributed by atoms with Crippen molar-refractivity contribution in [2.75, 3.05) is 20.1 Å². The zero-order valence-corrected chi connectivity index (χ0v) is 9.38. The maximum Gasteiger partial charge on any atom is 0.389 e. The third-order valence-electron chi connectivity index (χ3n) is 1.92. The van der Waals surface area contributed by atoms with Gasteiger partial charge in [0.2, 0.25) is 0 Å². The van der Waals surface area contributed by atoms with Crippen LogP contribution in [0.4, 0.5) is 18.0 Å². The number of halogens is 3. The molecule has 0 spiro atoms. The Morgan fingerprint density at radius 1 is 1.35 bits per heavy atom. The maximum atomic E-state index is 11.8. The summed E-state index contributed by atoms with van der Waals surface area (Å²) in [5.41, 5.74) is 0. The first-order valence-electron chi connectivity index (χ1n) is 5.00. The standard InChI is InChI=1S/C9H15F3N2O3/c1-14(6-3-7(15)16)8(17)13-5-2-4-9(10,11)12/h2-6H2,1H3,(H,13,17)(H,15,16). The van der Waals surface area contributed by atoms with Crippen molar-refractivity contribution in [2.24, 2.45) is 0 Å². The largest absolute Gasteiger partial charge is 0.481 e. The summed E-state index contributed by atoms with van der Waals surface area (Å²) in [6.07, 6.45) is -5.57. The van der Waals surface area contributed by atoms with Crippen molar-refractivity contribution in [2.45, 2.75) is 25.4 Å². The van der Waals surface area contributed by atoms with Crippen LogP contribution in [0.25, 0.3) is 0 Å². The molecule has 0 aromatic rings. The lowest BCUT2D eigenvalue weighted by atomic mass is 10.3. The zero-order valence-electron chi connectivity index (χ0n) is 9.38. The van der Waals surface area contributed by atoms with Gasteiger partial charge < -0.3 is 15.3 Å². The van der Waals surface area contributed by atoms with Crippen molar-refractivity contribution in [1.82, 2.24) is 10.2 Å². The van der Waals surface area contributed by atoms with E-state index in [-0.39, 0.29) is 25.9 Å². The van der Waals surface area contributed by atoms with E-state index in [4.69, 9.17) is 5.11 Å². The fourth-order valence-corrected chi connectivity index (χ4v) is 0.984. The van der Waals surface area contributed by atoms with Crippen LogP contribution >= 0.6 is 0 Å². The Bertz CT molecular complexity index is 269. The highest BCUT2D eigenvalue weighted by Gasteiger charge is 2.26. The molecule has 0 saturated heterocycles. The lowest BCUT2D eigenvalue weighted by Crippen LogP contribution is -2.39. The summed E-state index contributed by atoms with van der Waals surface area (Å²) < 4.78 is 35.3. The Kier molecular flexibility index (Phi) is 6.37. The molecule has 2 N–H and O–H groups in total. The number of rotatable bonds is 6. The number of aliphatic carboxylic acids is 1. The highest BCUT2D eigenvalue weighted by molar-refractivity contribution is 5.74. The topological polar surface area (TPSA) is 69.6 Å². The van der Waals surface area contributed by atoms with Gasteiger partial charge in [-0.2, -0.15) is 13.2 Å². The number of nitrogens with one attached hydrogen (secondary N) is 1. The Labute approximate surface area is 96.6 Å². The summed E-state index contributed by atoms with van der Waals surface area (Å²) >= 11 is 0. The number of nitrogens with zero attached hydrogens (tertiary/aromatic N) is 1. The number of hydrogen-bond donors (Lipinski definition) is 2. The minimum atomic E-state index is -4.22. The monoisotopic (exact) mass is 256 g/mol. The summed E-state index contributed by atoms with van der Waals surface area (Å²) in [5.74, 6) is -1.04. The number of carboxylic acid groups (broad SMARTS) is 1. The summed E-state index contributed by atoms with van der Waals surface area (Å²) in [5, 5.41) is 10.6. The number of amides is 2. The van der Waals surface area contributed by atoms with Crippen molar-refractivity contribution in [3.8, 4) is 0 Å². The van der Waals surface area contributed by atoms with Gasteiger partial charge in [-0.1, -0.05) is 0 Å². The highest BCUT2D eigenvalue weighted by Crippen LogP contribution is 2.20. The second kappa shape index (κ2) is 6.97. The third-order valence-corrected chi connectivity index (χ3v) is 1.92. The number of carboxylic acids is 1. The lowest BCUT2D eigenvalue weighted by Gasteiger charge is -2.17. The Morgan fingerprint density at radius 3 is 2.41 bits per heavy atom. The molecule has 0 rings (SSSR count). The van der Waals surface area contributed by atoms with Crippen LogP contribution in [-0.4, -0.2) is 48.3 Å². The average Bonchev–Trinajstić information content (AvgIpc) is 2.19. The number of alkyl halides is 3. The minimum Gasteiger partial charge on any atom is -0.481 e. The molecule has 100 valence electrons. The van der Waals surface area contributed by atoms with Gasteiger partial charge in [0.1, 0.15) is 0 Å². The zero-order chi connectivity index (χ0) is 13.5. The van der Waals surface area contributed by atoms with Gasteiger partial charge in [-0.25, -0.2) is 4.79 Å². The summed E-state index contributed by atoms with van der Waals surface area (Å²) in [6, 6.07) is -0.576. The van der Waals surface area contributed by atoms with Crippen LogP contribution in [0.15, 0.2) is 0 Å². The van der Waals surface area contributed by atoms with Crippen molar-refractivity contribution in [3.63, 3.8) is 0 Å². The van der Waals surface area contributed by atoms with E-state index in [1.54, 1.807) is 0 Å². The molecule has 0 fully saturated rings. The van der Waals surface area contributed by atoms with E-state index in [0.717, 1.165) is 4.90 Å². The predicted molar refractivity (Wildman–Crippen MR) is 53.6 cm³/mol. The van der Waals surface area contributed by atoms with Crippen LogP contribution < -0.4 is 5.32 Å². The molecule has 0 aliphatic rings. The molecule has 0 atom stereocenters. The molecule has 0 bridgehead atoms. The van der Waals surface area contributed by atoms with Gasteiger partial charge >= 0.3 is 18.2 Å². The Hall–Kier alpha value is -1.47. The SMILES string of the molecule is CN(CCC(=O)O)C(=O)NCCCC(F)(F)F. The molecule has 2 amide bonds. The molecule has 0 aliphatic carbocycles. The van der Waals surface area contributed by atoms with Crippen LogP contribution in [0.5, 0.6) is 0 Å². The van der Waals surface area contributed by atoms with Crippen LogP contribution in [0.2, 0.25) is 0 Å². The number of carbonyl (C=O) groups excluding carboxylic acids is 1. The minimum absolute atomic E-state index is 0.0143. The van der Waals surface area contributed by atoms with Crippen LogP contribution in [-0.2, 0) is 4.79 Å². The van der Waals surface area contributed by atoms with Crippen LogP contribution in [0.1, 0.15) is 19.3 Å². The van der Waals surface area contributed by atoms with Crippen molar-refractivity contribution in [1.29, 1.82) is 0 Å². The second-order valence-electron chi connectivity index (χ2n) is 3.52. The molecule has 0 heterocycles. The molecule has 8 heteroatoms. The van der Waals surface area contributed by atoms with E-state index in [0.29, 0.717) is 0 Å². The first-order valence-corrected chi connectivity index (χ1v) is 5.00. The number of carbonyl (C=O) groups is 2. The average molecular weight is 256 g/mol. The summed E-state index contributed by atoms with van der Waals surface area (Å²) in [6.45, 7) is -0.0732. The fourth-order valence-electron chi connectivity index (χ4n) is 0.984. The molecule has 0 aliphatic heterocycles. The van der Waals surface area contributed by atoms with Gasteiger partial charge in [0, 0.05) is 26.6 Å². The molecule has 0 saturated carbocycles. The van der Waals surface area contributed by atoms with E-state index in [1.807, 2.05) is 0 Å². The quantitative estimate of drug-likeness (QED) is 0.706. The first-order chi connectivity index (χ1) is 7.72. The summed E-state index contributed by atoms with van der Waals surface area (Å²) in [7, 11) is 1.38. The molecule has 5 nitrogen and oxygen atoms in total. The summed E-state index contributed by atoms with van der Waals surface area (Å²) in [4.78, 5) is 22.5. The van der Waals surface area contributed by atoms with E-state index in [2.05, 4.69) is 5.32 Å². The Balaban J connectivity index is 3.68. The molecule has 0 unspecified atom stereocenters. The molecule has 17 heavy (non-hydrogen) atoms. The smallest absolute Gasteiger partial charge is 0.389 e. The van der Waals surface area contributed by atoms with E-state index in [9.17, 15) is 22.8 Å². The van der Waals surface area contributed by atoms with Crippen molar-refractivity contribution in [3.05, 3.63) is 0 Å². The molecular formula is C9H15F3N2O3. The van der Waals surface area contributed by atoms with E-state index >= 15 is 0 Å². The number of urea groups is 1. The molecule has 0 radical (unpaired) electrons. The fraction of sp³-hybridized carbons (Fsp3) is 0.778. The van der Waals surface area contributed by atoms with Gasteiger partial charge in [0.05, 0.1) is 6.42 Å². The van der Waals surface area contributed by atoms with Gasteiger partial charge in [-0.15, -0.1) is 0 Å². The molecule has 0 aromatic carbocycles. The van der Waals surface area contributed by atoms with E-state index in [1.165, 1.54) is 7.05 Å². The number of hydrogen-bond acceptors (Lipinski definition) is 2. The first kappa shape index (κ1) is 15.5. The van der Waals surface area contributed by atoms with Gasteiger partial charge in [0.15, 0.2) is 0 Å². The van der Waals surface area contributed by atoms with Gasteiger partial charge in [0.25, 0.3) is 0 Å². The lowest BCUT2D eigenvalue weighted by molar-refractivity contribution is -0.137. The molecular weight excluding hydrogens is 241 g/mol. The maximum absolute atomic E-state index is 11.8. The van der Waals surface area contributed by atoms with Crippen molar-refractivity contribution >= 4 is 12.0 Å². The van der Waals surface area contributed by atoms with Crippen LogP contribution in [0, 0.1) is 0 Å².